The molecule has 0 aliphatic carbocycles. The second-order valence-corrected chi connectivity index (χ2v) is 6.44. The Morgan fingerprint density at radius 2 is 1.32 bits per heavy atom. The monoisotopic (exact) mass is 387 g/mol. The van der Waals surface area contributed by atoms with E-state index in [9.17, 15) is 4.79 Å². The van der Waals surface area contributed by atoms with Crippen LogP contribution in [0, 0.1) is 6.92 Å². The van der Waals surface area contributed by atoms with Gasteiger partial charge in [0.15, 0.2) is 11.5 Å². The lowest BCUT2D eigenvalue weighted by molar-refractivity contribution is 0.0989. The quantitative estimate of drug-likeness (QED) is 0.752. The van der Waals surface area contributed by atoms with Gasteiger partial charge in [0.1, 0.15) is 11.5 Å². The molecule has 0 radical (unpaired) electrons. The normalized spacial score (nSPS) is 15.3. The number of anilines is 1. The van der Waals surface area contributed by atoms with Crippen LogP contribution in [0.15, 0.2) is 18.2 Å². The number of amides is 1. The number of hydrogen-bond acceptors (Lipinski definition) is 6. The first-order chi connectivity index (χ1) is 13.4. The predicted octanol–water partition coefficient (Wildman–Crippen LogP) is 3.76. The van der Waals surface area contributed by atoms with Crippen LogP contribution in [0.1, 0.15) is 34.5 Å². The van der Waals surface area contributed by atoms with E-state index < -0.39 is 0 Å². The summed E-state index contributed by atoms with van der Waals surface area (Å²) in [6.45, 7) is 3.83. The van der Waals surface area contributed by atoms with E-state index in [2.05, 4.69) is 0 Å². The molecule has 0 N–H and O–H groups in total. The van der Waals surface area contributed by atoms with Crippen molar-refractivity contribution in [3.05, 3.63) is 34.9 Å². The minimum absolute atomic E-state index is 0.153. The standard InChI is InChI=1S/C21H25NO6/c1-11-15(24-3)10-14-12(2)22(21(23)18(14)19(11)27-6)13-8-16(25-4)20(28-7)17(9-13)26-5/h8-10,12H,1-7H3. The van der Waals surface area contributed by atoms with Crippen molar-refractivity contribution in [1.82, 2.24) is 0 Å². The van der Waals surface area contributed by atoms with Crippen LogP contribution in [0.3, 0.4) is 0 Å². The largest absolute Gasteiger partial charge is 0.496 e. The highest BCUT2D eigenvalue weighted by molar-refractivity contribution is 6.13. The molecule has 3 rings (SSSR count). The van der Waals surface area contributed by atoms with Crippen molar-refractivity contribution in [3.8, 4) is 28.7 Å². The van der Waals surface area contributed by atoms with Gasteiger partial charge in [-0.2, -0.15) is 0 Å². The highest BCUT2D eigenvalue weighted by Gasteiger charge is 2.40. The van der Waals surface area contributed by atoms with Crippen LogP contribution in [0.2, 0.25) is 0 Å². The van der Waals surface area contributed by atoms with Crippen molar-refractivity contribution in [3.63, 3.8) is 0 Å². The summed E-state index contributed by atoms with van der Waals surface area (Å²) in [4.78, 5) is 15.1. The molecule has 28 heavy (non-hydrogen) atoms. The van der Waals surface area contributed by atoms with Crippen molar-refractivity contribution < 1.29 is 28.5 Å². The Morgan fingerprint density at radius 3 is 1.79 bits per heavy atom. The minimum Gasteiger partial charge on any atom is -0.496 e. The molecule has 1 aliphatic heterocycles. The second-order valence-electron chi connectivity index (χ2n) is 6.44. The average Bonchev–Trinajstić information content (AvgIpc) is 2.96. The minimum atomic E-state index is -0.228. The fraction of sp³-hybridized carbons (Fsp3) is 0.381. The first-order valence-corrected chi connectivity index (χ1v) is 8.82. The zero-order chi connectivity index (χ0) is 20.6. The molecule has 1 atom stereocenters. The first-order valence-electron chi connectivity index (χ1n) is 8.82. The lowest BCUT2D eigenvalue weighted by Gasteiger charge is -2.24. The van der Waals surface area contributed by atoms with Crippen LogP contribution in [-0.2, 0) is 0 Å². The summed E-state index contributed by atoms with van der Waals surface area (Å²) >= 11 is 0. The van der Waals surface area contributed by atoms with Crippen molar-refractivity contribution in [1.29, 1.82) is 0 Å². The van der Waals surface area contributed by atoms with Gasteiger partial charge in [-0.3, -0.25) is 4.79 Å². The number of fused-ring (bicyclic) bond motifs is 1. The summed E-state index contributed by atoms with van der Waals surface area (Å²) in [6.07, 6.45) is 0. The van der Waals surface area contributed by atoms with E-state index >= 15 is 0 Å². The van der Waals surface area contributed by atoms with E-state index in [1.807, 2.05) is 19.9 Å². The van der Waals surface area contributed by atoms with Gasteiger partial charge in [-0.1, -0.05) is 0 Å². The molecule has 0 fully saturated rings. The molecule has 7 nitrogen and oxygen atoms in total. The Hall–Kier alpha value is -3.09. The molecule has 0 spiro atoms. The summed E-state index contributed by atoms with van der Waals surface area (Å²) < 4.78 is 27.3. The molecule has 0 saturated carbocycles. The Kier molecular flexibility index (Phi) is 5.27. The van der Waals surface area contributed by atoms with Crippen LogP contribution in [0.5, 0.6) is 28.7 Å². The Labute approximate surface area is 164 Å². The molecule has 1 unspecified atom stereocenters. The van der Waals surface area contributed by atoms with Gasteiger partial charge in [0.2, 0.25) is 5.75 Å². The lowest BCUT2D eigenvalue weighted by Crippen LogP contribution is -2.26. The van der Waals surface area contributed by atoms with E-state index in [1.54, 1.807) is 52.6 Å². The first kappa shape index (κ1) is 19.7. The molecule has 7 heteroatoms. The summed E-state index contributed by atoms with van der Waals surface area (Å²) in [5.74, 6) is 2.49. The number of carbonyl (C=O) groups is 1. The number of nitrogens with zero attached hydrogens (tertiary/aromatic N) is 1. The van der Waals surface area contributed by atoms with Gasteiger partial charge in [-0.05, 0) is 25.5 Å². The van der Waals surface area contributed by atoms with Crippen LogP contribution in [-0.4, -0.2) is 41.5 Å². The summed E-state index contributed by atoms with van der Waals surface area (Å²) in [5, 5.41) is 0. The number of ether oxygens (including phenoxy) is 5. The smallest absolute Gasteiger partial charge is 0.262 e. The Bertz CT molecular complexity index is 899. The van der Waals surface area contributed by atoms with Crippen LogP contribution >= 0.6 is 0 Å². The summed E-state index contributed by atoms with van der Waals surface area (Å²) in [7, 11) is 7.79. The zero-order valence-corrected chi connectivity index (χ0v) is 17.2. The van der Waals surface area contributed by atoms with Gasteiger partial charge in [-0.15, -0.1) is 0 Å². The maximum Gasteiger partial charge on any atom is 0.262 e. The molecular formula is C21H25NO6. The third-order valence-corrected chi connectivity index (χ3v) is 5.13. The van der Waals surface area contributed by atoms with Gasteiger partial charge < -0.3 is 28.6 Å². The van der Waals surface area contributed by atoms with Crippen LogP contribution in [0.4, 0.5) is 5.69 Å². The topological polar surface area (TPSA) is 66.5 Å². The number of methoxy groups -OCH3 is 5. The molecule has 2 aromatic carbocycles. The van der Waals surface area contributed by atoms with Crippen molar-refractivity contribution in [2.75, 3.05) is 40.4 Å². The second kappa shape index (κ2) is 7.50. The number of rotatable bonds is 6. The highest BCUT2D eigenvalue weighted by atomic mass is 16.5. The molecule has 0 saturated heterocycles. The van der Waals surface area contributed by atoms with Crippen molar-refractivity contribution in [2.24, 2.45) is 0 Å². The number of hydrogen-bond donors (Lipinski definition) is 0. The maximum atomic E-state index is 13.4. The molecule has 2 aromatic rings. The average molecular weight is 387 g/mol. The molecule has 1 amide bonds. The van der Waals surface area contributed by atoms with E-state index in [4.69, 9.17) is 23.7 Å². The lowest BCUT2D eigenvalue weighted by atomic mass is 10.0. The SMILES string of the molecule is COc1cc2c(c(OC)c1C)C(=O)N(c1cc(OC)c(OC)c(OC)c1)C2C. The fourth-order valence-electron chi connectivity index (χ4n) is 3.75. The molecule has 0 bridgehead atoms. The molecular weight excluding hydrogens is 362 g/mol. The summed E-state index contributed by atoms with van der Waals surface area (Å²) in [5.41, 5.74) is 2.82. The van der Waals surface area contributed by atoms with Crippen LogP contribution in [0.25, 0.3) is 0 Å². The predicted molar refractivity (Wildman–Crippen MR) is 106 cm³/mol. The van der Waals surface area contributed by atoms with Gasteiger partial charge in [0, 0.05) is 17.7 Å². The molecule has 150 valence electrons. The van der Waals surface area contributed by atoms with E-state index in [0.29, 0.717) is 40.0 Å². The van der Waals surface area contributed by atoms with E-state index in [1.165, 1.54) is 0 Å². The third kappa shape index (κ3) is 2.78. The van der Waals surface area contributed by atoms with Crippen molar-refractivity contribution in [2.45, 2.75) is 19.9 Å². The zero-order valence-electron chi connectivity index (χ0n) is 17.2. The van der Waals surface area contributed by atoms with Gasteiger partial charge in [-0.25, -0.2) is 0 Å². The fourth-order valence-corrected chi connectivity index (χ4v) is 3.75. The number of benzene rings is 2. The summed E-state index contributed by atoms with van der Waals surface area (Å²) in [6, 6.07) is 5.19. The maximum absolute atomic E-state index is 13.4. The number of carbonyl (C=O) groups excluding carboxylic acids is 1. The van der Waals surface area contributed by atoms with Gasteiger partial charge in [0.05, 0.1) is 52.8 Å². The van der Waals surface area contributed by atoms with Crippen molar-refractivity contribution >= 4 is 11.6 Å². The van der Waals surface area contributed by atoms with E-state index in [-0.39, 0.29) is 11.9 Å². The third-order valence-electron chi connectivity index (χ3n) is 5.13. The molecule has 0 aromatic heterocycles. The van der Waals surface area contributed by atoms with Gasteiger partial charge >= 0.3 is 0 Å². The molecule has 1 heterocycles. The van der Waals surface area contributed by atoms with Gasteiger partial charge in [0.25, 0.3) is 5.91 Å². The Morgan fingerprint density at radius 1 is 0.786 bits per heavy atom. The van der Waals surface area contributed by atoms with Crippen LogP contribution < -0.4 is 28.6 Å². The van der Waals surface area contributed by atoms with E-state index in [0.717, 1.165) is 11.1 Å². The highest BCUT2D eigenvalue weighted by Crippen LogP contribution is 2.48. The Balaban J connectivity index is 2.19. The molecule has 1 aliphatic rings.